The molecule has 0 radical (unpaired) electrons. The third-order valence-electron chi connectivity index (χ3n) is 3.23. The second-order valence-electron chi connectivity index (χ2n) is 4.72. The van der Waals surface area contributed by atoms with Crippen molar-refractivity contribution in [2.75, 3.05) is 13.2 Å². The average molecular weight is 220 g/mol. The van der Waals surface area contributed by atoms with E-state index in [-0.39, 0.29) is 0 Å². The first kappa shape index (κ1) is 11.5. The van der Waals surface area contributed by atoms with E-state index in [2.05, 4.69) is 25.1 Å². The number of rotatable bonds is 5. The largest absolute Gasteiger partial charge is 0.493 e. The highest BCUT2D eigenvalue weighted by atomic mass is 16.5. The minimum absolute atomic E-state index is 0.304. The molecule has 0 aromatic heterocycles. The molecular formula is C14H20O2. The molecule has 1 N–H and O–H groups in total. The van der Waals surface area contributed by atoms with Gasteiger partial charge in [-0.05, 0) is 42.4 Å². The van der Waals surface area contributed by atoms with Gasteiger partial charge in [0.05, 0.1) is 6.61 Å². The molecule has 1 atom stereocenters. The maximum atomic E-state index is 8.94. The number of benzene rings is 1. The number of aliphatic hydroxyl groups is 1. The predicted molar refractivity (Wildman–Crippen MR) is 64.8 cm³/mol. The number of hydrogen-bond acceptors (Lipinski definition) is 2. The molecule has 2 rings (SSSR count). The maximum Gasteiger partial charge on any atom is 0.122 e. The Kier molecular flexibility index (Phi) is 3.83. The first-order valence-corrected chi connectivity index (χ1v) is 6.15. The van der Waals surface area contributed by atoms with Crippen LogP contribution >= 0.6 is 0 Å². The fourth-order valence-corrected chi connectivity index (χ4v) is 2.14. The molecule has 1 aliphatic heterocycles. The van der Waals surface area contributed by atoms with E-state index in [1.165, 1.54) is 11.1 Å². The molecule has 0 saturated carbocycles. The summed E-state index contributed by atoms with van der Waals surface area (Å²) >= 11 is 0. The van der Waals surface area contributed by atoms with Crippen molar-refractivity contribution >= 4 is 0 Å². The van der Waals surface area contributed by atoms with Crippen LogP contribution in [0.25, 0.3) is 0 Å². The highest BCUT2D eigenvalue weighted by Gasteiger charge is 2.11. The topological polar surface area (TPSA) is 29.5 Å². The van der Waals surface area contributed by atoms with Crippen LogP contribution in [-0.2, 0) is 12.8 Å². The van der Waals surface area contributed by atoms with Crippen LogP contribution in [0.4, 0.5) is 0 Å². The third-order valence-corrected chi connectivity index (χ3v) is 3.23. The van der Waals surface area contributed by atoms with Crippen molar-refractivity contribution in [1.29, 1.82) is 0 Å². The van der Waals surface area contributed by atoms with Gasteiger partial charge in [-0.3, -0.25) is 0 Å². The van der Waals surface area contributed by atoms with Crippen LogP contribution in [0.1, 0.15) is 30.9 Å². The third kappa shape index (κ3) is 2.76. The average Bonchev–Trinajstić information content (AvgIpc) is 2.76. The molecule has 0 spiro atoms. The maximum absolute atomic E-state index is 8.94. The second-order valence-corrected chi connectivity index (χ2v) is 4.72. The highest BCUT2D eigenvalue weighted by molar-refractivity contribution is 5.39. The quantitative estimate of drug-likeness (QED) is 0.826. The summed E-state index contributed by atoms with van der Waals surface area (Å²) in [5.41, 5.74) is 2.75. The minimum atomic E-state index is 0.304. The lowest BCUT2D eigenvalue weighted by molar-refractivity contribution is 0.228. The number of ether oxygens (including phenoxy) is 1. The van der Waals surface area contributed by atoms with Crippen molar-refractivity contribution in [3.8, 4) is 5.75 Å². The Balaban J connectivity index is 1.86. The number of aliphatic hydroxyl groups excluding tert-OH is 1. The molecule has 0 saturated heterocycles. The van der Waals surface area contributed by atoms with Crippen LogP contribution in [0, 0.1) is 5.92 Å². The van der Waals surface area contributed by atoms with Gasteiger partial charge in [-0.25, -0.2) is 0 Å². The molecule has 0 fully saturated rings. The molecule has 16 heavy (non-hydrogen) atoms. The van der Waals surface area contributed by atoms with E-state index in [0.29, 0.717) is 12.5 Å². The fraction of sp³-hybridized carbons (Fsp3) is 0.571. The van der Waals surface area contributed by atoms with Crippen LogP contribution in [0.3, 0.4) is 0 Å². The molecule has 1 heterocycles. The molecule has 0 bridgehead atoms. The Hall–Kier alpha value is -1.02. The van der Waals surface area contributed by atoms with Crippen molar-refractivity contribution in [1.82, 2.24) is 0 Å². The number of fused-ring (bicyclic) bond motifs is 1. The highest BCUT2D eigenvalue weighted by Crippen LogP contribution is 2.26. The number of hydrogen-bond donors (Lipinski definition) is 1. The molecular weight excluding hydrogens is 200 g/mol. The van der Waals surface area contributed by atoms with Crippen LogP contribution in [0.5, 0.6) is 5.75 Å². The van der Waals surface area contributed by atoms with Gasteiger partial charge in [-0.1, -0.05) is 19.1 Å². The molecule has 2 heteroatoms. The summed E-state index contributed by atoms with van der Waals surface area (Å²) in [6.07, 6.45) is 4.42. The van der Waals surface area contributed by atoms with Crippen molar-refractivity contribution in [3.05, 3.63) is 29.3 Å². The molecule has 0 amide bonds. The normalized spacial score (nSPS) is 15.6. The molecule has 1 aromatic rings. The SMILES string of the molecule is CC(CO)CCCc1ccc2c(c1)CCO2. The van der Waals surface area contributed by atoms with E-state index in [0.717, 1.165) is 38.0 Å². The summed E-state index contributed by atoms with van der Waals surface area (Å²) in [5.74, 6) is 1.49. The predicted octanol–water partition coefficient (Wildman–Crippen LogP) is 2.57. The summed E-state index contributed by atoms with van der Waals surface area (Å²) in [5, 5.41) is 8.94. The zero-order chi connectivity index (χ0) is 11.4. The number of aryl methyl sites for hydroxylation is 1. The van der Waals surface area contributed by atoms with E-state index < -0.39 is 0 Å². The molecule has 0 aliphatic carbocycles. The molecule has 88 valence electrons. The fourth-order valence-electron chi connectivity index (χ4n) is 2.14. The Labute approximate surface area is 97.3 Å². The summed E-state index contributed by atoms with van der Waals surface area (Å²) in [4.78, 5) is 0. The molecule has 1 unspecified atom stereocenters. The van der Waals surface area contributed by atoms with Gasteiger partial charge in [0.1, 0.15) is 5.75 Å². The van der Waals surface area contributed by atoms with Crippen molar-refractivity contribution in [3.63, 3.8) is 0 Å². The Bertz CT molecular complexity index is 347. The van der Waals surface area contributed by atoms with E-state index in [9.17, 15) is 0 Å². The summed E-state index contributed by atoms with van der Waals surface area (Å²) < 4.78 is 5.48. The first-order chi connectivity index (χ1) is 7.79. The van der Waals surface area contributed by atoms with Gasteiger partial charge in [-0.2, -0.15) is 0 Å². The zero-order valence-corrected chi connectivity index (χ0v) is 9.91. The van der Waals surface area contributed by atoms with Crippen LogP contribution in [0.2, 0.25) is 0 Å². The van der Waals surface area contributed by atoms with E-state index in [1.54, 1.807) is 0 Å². The summed E-state index contributed by atoms with van der Waals surface area (Å²) in [6, 6.07) is 6.52. The van der Waals surface area contributed by atoms with Gasteiger partial charge >= 0.3 is 0 Å². The van der Waals surface area contributed by atoms with E-state index in [1.807, 2.05) is 0 Å². The lowest BCUT2D eigenvalue weighted by Gasteiger charge is -2.08. The van der Waals surface area contributed by atoms with Crippen LogP contribution < -0.4 is 4.74 Å². The van der Waals surface area contributed by atoms with Crippen LogP contribution in [0.15, 0.2) is 18.2 Å². The van der Waals surface area contributed by atoms with Gasteiger partial charge in [0.2, 0.25) is 0 Å². The van der Waals surface area contributed by atoms with Crippen molar-refractivity contribution in [2.24, 2.45) is 5.92 Å². The first-order valence-electron chi connectivity index (χ1n) is 6.15. The monoisotopic (exact) mass is 220 g/mol. The van der Waals surface area contributed by atoms with Crippen molar-refractivity contribution < 1.29 is 9.84 Å². The minimum Gasteiger partial charge on any atom is -0.493 e. The zero-order valence-electron chi connectivity index (χ0n) is 9.91. The van der Waals surface area contributed by atoms with E-state index >= 15 is 0 Å². The van der Waals surface area contributed by atoms with Gasteiger partial charge in [0.25, 0.3) is 0 Å². The standard InChI is InChI=1S/C14H20O2/c1-11(10-15)3-2-4-12-5-6-14-13(9-12)7-8-16-14/h5-6,9,11,15H,2-4,7-8,10H2,1H3. The Morgan fingerprint density at radius 1 is 1.44 bits per heavy atom. The molecule has 1 aliphatic rings. The summed E-state index contributed by atoms with van der Waals surface area (Å²) in [6.45, 7) is 3.23. The van der Waals surface area contributed by atoms with Gasteiger partial charge in [0, 0.05) is 13.0 Å². The lowest BCUT2D eigenvalue weighted by Crippen LogP contribution is -2.01. The van der Waals surface area contributed by atoms with E-state index in [4.69, 9.17) is 9.84 Å². The molecule has 1 aromatic carbocycles. The van der Waals surface area contributed by atoms with Crippen molar-refractivity contribution in [2.45, 2.75) is 32.6 Å². The smallest absolute Gasteiger partial charge is 0.122 e. The summed E-state index contributed by atoms with van der Waals surface area (Å²) in [7, 11) is 0. The van der Waals surface area contributed by atoms with Gasteiger partial charge in [-0.15, -0.1) is 0 Å². The van der Waals surface area contributed by atoms with Gasteiger partial charge in [0.15, 0.2) is 0 Å². The van der Waals surface area contributed by atoms with Gasteiger partial charge < -0.3 is 9.84 Å². The van der Waals surface area contributed by atoms with Crippen LogP contribution in [-0.4, -0.2) is 18.3 Å². The second kappa shape index (κ2) is 5.35. The Morgan fingerprint density at radius 3 is 3.12 bits per heavy atom. The lowest BCUT2D eigenvalue weighted by atomic mass is 10.00. The molecule has 2 nitrogen and oxygen atoms in total. The Morgan fingerprint density at radius 2 is 2.31 bits per heavy atom.